The van der Waals surface area contributed by atoms with Crippen LogP contribution in [0.1, 0.15) is 49.3 Å². The molecule has 0 spiro atoms. The normalized spacial score (nSPS) is 19.2. The summed E-state index contributed by atoms with van der Waals surface area (Å²) in [5.41, 5.74) is 1.98. The fraction of sp³-hybridized carbons (Fsp3) is 0.600. The Morgan fingerprint density at radius 1 is 1.24 bits per heavy atom. The van der Waals surface area contributed by atoms with Gasteiger partial charge in [-0.15, -0.1) is 0 Å². The Bertz CT molecular complexity index is 369. The minimum atomic E-state index is -0.0690. The average molecular weight is 235 g/mol. The number of benzene rings is 1. The van der Waals surface area contributed by atoms with Gasteiger partial charge in [0.05, 0.1) is 0 Å². The van der Waals surface area contributed by atoms with Crippen LogP contribution < -0.4 is 5.32 Å². The molecule has 2 rings (SSSR count). The van der Waals surface area contributed by atoms with Crippen LogP contribution in [-0.4, -0.2) is 7.05 Å². The fourth-order valence-corrected chi connectivity index (χ4v) is 3.01. The summed E-state index contributed by atoms with van der Waals surface area (Å²) in [5.74, 6) is 0.519. The molecule has 1 unspecified atom stereocenters. The van der Waals surface area contributed by atoms with Gasteiger partial charge in [-0.3, -0.25) is 0 Å². The van der Waals surface area contributed by atoms with E-state index in [4.69, 9.17) is 0 Å². The van der Waals surface area contributed by atoms with Crippen molar-refractivity contribution in [3.05, 3.63) is 35.1 Å². The smallest absolute Gasteiger partial charge is 0.128 e. The molecule has 1 aromatic rings. The van der Waals surface area contributed by atoms with Gasteiger partial charge in [0.25, 0.3) is 0 Å². The number of nitrogens with one attached hydrogen (secondary N) is 1. The van der Waals surface area contributed by atoms with Crippen LogP contribution in [0.25, 0.3) is 0 Å². The van der Waals surface area contributed by atoms with Crippen LogP contribution in [0.3, 0.4) is 0 Å². The van der Waals surface area contributed by atoms with Crippen molar-refractivity contribution in [1.29, 1.82) is 0 Å². The first-order valence-electron chi connectivity index (χ1n) is 6.65. The van der Waals surface area contributed by atoms with Gasteiger partial charge in [0.1, 0.15) is 5.82 Å². The van der Waals surface area contributed by atoms with Gasteiger partial charge in [0.2, 0.25) is 0 Å². The van der Waals surface area contributed by atoms with Gasteiger partial charge in [0, 0.05) is 11.6 Å². The predicted octanol–water partition coefficient (Wildman–Crippen LogP) is 3.97. The molecule has 1 atom stereocenters. The van der Waals surface area contributed by atoms with E-state index < -0.39 is 0 Å². The lowest BCUT2D eigenvalue weighted by molar-refractivity contribution is 0.277. The standard InChI is InChI=1S/C15H22FN/c1-11-8-9-14(16)13(10-11)15(17-2)12-6-4-3-5-7-12/h8-10,12,15,17H,3-7H2,1-2H3. The second-order valence-corrected chi connectivity index (χ2v) is 5.19. The van der Waals surface area contributed by atoms with Gasteiger partial charge in [-0.1, -0.05) is 37.0 Å². The lowest BCUT2D eigenvalue weighted by atomic mass is 9.81. The van der Waals surface area contributed by atoms with E-state index in [-0.39, 0.29) is 11.9 Å². The van der Waals surface area contributed by atoms with Gasteiger partial charge >= 0.3 is 0 Å². The lowest BCUT2D eigenvalue weighted by Crippen LogP contribution is -2.27. The summed E-state index contributed by atoms with van der Waals surface area (Å²) in [6.07, 6.45) is 6.35. The second kappa shape index (κ2) is 5.63. The first-order chi connectivity index (χ1) is 8.22. The Morgan fingerprint density at radius 2 is 1.94 bits per heavy atom. The van der Waals surface area contributed by atoms with Crippen LogP contribution in [0.5, 0.6) is 0 Å². The summed E-state index contributed by atoms with van der Waals surface area (Å²) < 4.78 is 13.9. The molecule has 0 aliphatic heterocycles. The van der Waals surface area contributed by atoms with E-state index >= 15 is 0 Å². The van der Waals surface area contributed by atoms with Crippen molar-refractivity contribution in [1.82, 2.24) is 5.32 Å². The summed E-state index contributed by atoms with van der Waals surface area (Å²) >= 11 is 0. The molecule has 0 bridgehead atoms. The molecule has 0 saturated heterocycles. The largest absolute Gasteiger partial charge is 0.313 e. The highest BCUT2D eigenvalue weighted by atomic mass is 19.1. The average Bonchev–Trinajstić information content (AvgIpc) is 2.36. The van der Waals surface area contributed by atoms with E-state index in [1.807, 2.05) is 26.1 Å². The number of hydrogen-bond acceptors (Lipinski definition) is 1. The predicted molar refractivity (Wildman–Crippen MR) is 69.5 cm³/mol. The molecule has 0 heterocycles. The molecule has 94 valence electrons. The molecule has 1 fully saturated rings. The van der Waals surface area contributed by atoms with E-state index in [1.54, 1.807) is 6.07 Å². The van der Waals surface area contributed by atoms with Gasteiger partial charge < -0.3 is 5.32 Å². The van der Waals surface area contributed by atoms with Gasteiger partial charge in [-0.05, 0) is 38.8 Å². The molecule has 1 N–H and O–H groups in total. The minimum absolute atomic E-state index is 0.0690. The molecule has 1 aliphatic rings. The number of aryl methyl sites for hydroxylation is 1. The molecule has 1 saturated carbocycles. The van der Waals surface area contributed by atoms with Crippen molar-refractivity contribution < 1.29 is 4.39 Å². The van der Waals surface area contributed by atoms with Crippen molar-refractivity contribution in [2.75, 3.05) is 7.05 Å². The Kier molecular flexibility index (Phi) is 4.16. The topological polar surface area (TPSA) is 12.0 Å². The summed E-state index contributed by atoms with van der Waals surface area (Å²) in [7, 11) is 1.95. The summed E-state index contributed by atoms with van der Waals surface area (Å²) in [5, 5.41) is 3.32. The van der Waals surface area contributed by atoms with Crippen molar-refractivity contribution in [3.8, 4) is 0 Å². The van der Waals surface area contributed by atoms with E-state index in [1.165, 1.54) is 32.1 Å². The third-order valence-electron chi connectivity index (χ3n) is 3.92. The molecular formula is C15H22FN. The maximum Gasteiger partial charge on any atom is 0.128 e. The zero-order valence-corrected chi connectivity index (χ0v) is 10.8. The van der Waals surface area contributed by atoms with Gasteiger partial charge in [0.15, 0.2) is 0 Å². The van der Waals surface area contributed by atoms with Crippen LogP contribution >= 0.6 is 0 Å². The monoisotopic (exact) mass is 235 g/mol. The molecule has 1 aromatic carbocycles. The minimum Gasteiger partial charge on any atom is -0.313 e. The van der Waals surface area contributed by atoms with Crippen LogP contribution in [0.2, 0.25) is 0 Å². The summed E-state index contributed by atoms with van der Waals surface area (Å²) in [6, 6.07) is 5.60. The first kappa shape index (κ1) is 12.6. The molecular weight excluding hydrogens is 213 g/mol. The molecule has 1 aliphatic carbocycles. The Balaban J connectivity index is 2.24. The van der Waals surface area contributed by atoms with Crippen molar-refractivity contribution in [2.45, 2.75) is 45.1 Å². The molecule has 0 amide bonds. The highest BCUT2D eigenvalue weighted by Gasteiger charge is 2.25. The zero-order chi connectivity index (χ0) is 12.3. The summed E-state index contributed by atoms with van der Waals surface area (Å²) in [4.78, 5) is 0. The molecule has 0 radical (unpaired) electrons. The fourth-order valence-electron chi connectivity index (χ4n) is 3.01. The number of hydrogen-bond donors (Lipinski definition) is 1. The van der Waals surface area contributed by atoms with Gasteiger partial charge in [-0.25, -0.2) is 4.39 Å². The SMILES string of the molecule is CNC(c1cc(C)ccc1F)C1CCCCC1. The number of halogens is 1. The van der Waals surface area contributed by atoms with Gasteiger partial charge in [-0.2, -0.15) is 0 Å². The second-order valence-electron chi connectivity index (χ2n) is 5.19. The molecule has 2 heteroatoms. The molecule has 0 aromatic heterocycles. The van der Waals surface area contributed by atoms with E-state index in [2.05, 4.69) is 5.32 Å². The van der Waals surface area contributed by atoms with Crippen LogP contribution in [0, 0.1) is 18.7 Å². The van der Waals surface area contributed by atoms with Crippen LogP contribution in [0.4, 0.5) is 4.39 Å². The van der Waals surface area contributed by atoms with E-state index in [9.17, 15) is 4.39 Å². The Hall–Kier alpha value is -0.890. The van der Waals surface area contributed by atoms with Crippen molar-refractivity contribution in [3.63, 3.8) is 0 Å². The quantitative estimate of drug-likeness (QED) is 0.835. The first-order valence-corrected chi connectivity index (χ1v) is 6.65. The van der Waals surface area contributed by atoms with E-state index in [0.29, 0.717) is 5.92 Å². The van der Waals surface area contributed by atoms with Crippen LogP contribution in [-0.2, 0) is 0 Å². The number of rotatable bonds is 3. The third-order valence-corrected chi connectivity index (χ3v) is 3.92. The highest BCUT2D eigenvalue weighted by Crippen LogP contribution is 2.35. The maximum atomic E-state index is 13.9. The Morgan fingerprint density at radius 3 is 2.59 bits per heavy atom. The summed E-state index contributed by atoms with van der Waals surface area (Å²) in [6.45, 7) is 2.02. The van der Waals surface area contributed by atoms with E-state index in [0.717, 1.165) is 11.1 Å². The van der Waals surface area contributed by atoms with Crippen molar-refractivity contribution >= 4 is 0 Å². The maximum absolute atomic E-state index is 13.9. The molecule has 17 heavy (non-hydrogen) atoms. The van der Waals surface area contributed by atoms with Crippen LogP contribution in [0.15, 0.2) is 18.2 Å². The molecule has 1 nitrogen and oxygen atoms in total. The van der Waals surface area contributed by atoms with Crippen molar-refractivity contribution in [2.24, 2.45) is 5.92 Å². The zero-order valence-electron chi connectivity index (χ0n) is 10.8. The lowest BCUT2D eigenvalue weighted by Gasteiger charge is -2.30. The highest BCUT2D eigenvalue weighted by molar-refractivity contribution is 5.27. The third kappa shape index (κ3) is 2.86. The Labute approximate surface area is 103 Å².